The van der Waals surface area contributed by atoms with Crippen molar-refractivity contribution in [3.8, 4) is 11.3 Å². The highest BCUT2D eigenvalue weighted by molar-refractivity contribution is 5.95. The molecule has 2 nitrogen and oxygen atoms in total. The number of pyridine rings is 1. The molecule has 0 spiro atoms. The van der Waals surface area contributed by atoms with Crippen LogP contribution in [0.25, 0.3) is 22.2 Å². The molecule has 2 aromatic heterocycles. The summed E-state index contributed by atoms with van der Waals surface area (Å²) in [7, 11) is 0. The molecule has 0 amide bonds. The predicted octanol–water partition coefficient (Wildman–Crippen LogP) is 4.65. The molecule has 3 aromatic rings. The molecule has 0 bridgehead atoms. The van der Waals surface area contributed by atoms with Gasteiger partial charge in [0, 0.05) is 29.4 Å². The molecule has 0 fully saturated rings. The van der Waals surface area contributed by atoms with Crippen LogP contribution in [0.1, 0.15) is 23.7 Å². The molecule has 0 saturated heterocycles. The summed E-state index contributed by atoms with van der Waals surface area (Å²) < 4.78 is 2.37. The minimum absolute atomic E-state index is 0.973. The van der Waals surface area contributed by atoms with E-state index in [1.165, 1.54) is 33.3 Å². The Bertz CT molecular complexity index is 764. The zero-order chi connectivity index (χ0) is 14.3. The Morgan fingerprint density at radius 3 is 2.35 bits per heavy atom. The zero-order valence-corrected chi connectivity index (χ0v) is 12.6. The van der Waals surface area contributed by atoms with Gasteiger partial charge < -0.3 is 4.57 Å². The largest absolute Gasteiger partial charge is 0.343 e. The number of nitrogens with zero attached hydrogens (tertiary/aromatic N) is 2. The smallest absolute Gasteiger partial charge is 0.0944 e. The summed E-state index contributed by atoms with van der Waals surface area (Å²) in [6.07, 6.45) is 1.92. The van der Waals surface area contributed by atoms with Crippen molar-refractivity contribution in [2.45, 2.75) is 34.2 Å². The van der Waals surface area contributed by atoms with Crippen LogP contribution in [0.15, 0.2) is 36.5 Å². The van der Waals surface area contributed by atoms with Crippen molar-refractivity contribution in [3.05, 3.63) is 53.3 Å². The summed E-state index contributed by atoms with van der Waals surface area (Å²) in [6.45, 7) is 9.67. The molecule has 0 aliphatic carbocycles. The standard InChI is InChI=1S/C18H20N2/c1-5-20-14(4)13(3)16-10-11-19-17(18(16)20)15-8-6-12(2)7-9-15/h6-11H,5H2,1-4H3. The molecular formula is C18H20N2. The summed E-state index contributed by atoms with van der Waals surface area (Å²) in [5.41, 5.74) is 7.50. The van der Waals surface area contributed by atoms with Crippen LogP contribution in [-0.2, 0) is 6.54 Å². The summed E-state index contributed by atoms with van der Waals surface area (Å²) >= 11 is 0. The fraction of sp³-hybridized carbons (Fsp3) is 0.278. The molecule has 2 heteroatoms. The van der Waals surface area contributed by atoms with Gasteiger partial charge in [0.2, 0.25) is 0 Å². The van der Waals surface area contributed by atoms with Crippen molar-refractivity contribution >= 4 is 10.9 Å². The molecule has 0 radical (unpaired) electrons. The molecule has 0 saturated carbocycles. The van der Waals surface area contributed by atoms with E-state index in [9.17, 15) is 0 Å². The monoisotopic (exact) mass is 264 g/mol. The van der Waals surface area contributed by atoms with Crippen LogP contribution in [0.5, 0.6) is 0 Å². The molecule has 0 unspecified atom stereocenters. The minimum Gasteiger partial charge on any atom is -0.343 e. The Hall–Kier alpha value is -2.09. The molecule has 0 N–H and O–H groups in total. The lowest BCUT2D eigenvalue weighted by molar-refractivity contribution is 0.765. The molecule has 0 aliphatic rings. The molecule has 3 rings (SSSR count). The maximum atomic E-state index is 4.65. The molecular weight excluding hydrogens is 244 g/mol. The summed E-state index contributed by atoms with van der Waals surface area (Å²) in [5.74, 6) is 0. The number of aryl methyl sites for hydroxylation is 3. The highest BCUT2D eigenvalue weighted by atomic mass is 15.0. The molecule has 0 aliphatic heterocycles. The van der Waals surface area contributed by atoms with Crippen LogP contribution in [0.4, 0.5) is 0 Å². The third kappa shape index (κ3) is 1.83. The Morgan fingerprint density at radius 2 is 1.70 bits per heavy atom. The van der Waals surface area contributed by atoms with Crippen LogP contribution < -0.4 is 0 Å². The van der Waals surface area contributed by atoms with E-state index in [2.05, 4.69) is 67.6 Å². The lowest BCUT2D eigenvalue weighted by atomic mass is 10.1. The van der Waals surface area contributed by atoms with Crippen LogP contribution in [0.2, 0.25) is 0 Å². The van der Waals surface area contributed by atoms with Gasteiger partial charge in [-0.1, -0.05) is 29.8 Å². The number of hydrogen-bond donors (Lipinski definition) is 0. The summed E-state index contributed by atoms with van der Waals surface area (Å²) in [6, 6.07) is 10.7. The molecule has 2 heterocycles. The van der Waals surface area contributed by atoms with E-state index in [-0.39, 0.29) is 0 Å². The van der Waals surface area contributed by atoms with E-state index < -0.39 is 0 Å². The molecule has 1 aromatic carbocycles. The lowest BCUT2D eigenvalue weighted by Gasteiger charge is -2.09. The number of fused-ring (bicyclic) bond motifs is 1. The van der Waals surface area contributed by atoms with E-state index in [1.54, 1.807) is 0 Å². The van der Waals surface area contributed by atoms with Gasteiger partial charge in [0.05, 0.1) is 11.2 Å². The number of aromatic nitrogens is 2. The van der Waals surface area contributed by atoms with Gasteiger partial charge in [-0.3, -0.25) is 4.98 Å². The van der Waals surface area contributed by atoms with Gasteiger partial charge in [-0.15, -0.1) is 0 Å². The van der Waals surface area contributed by atoms with Crippen LogP contribution in [0, 0.1) is 20.8 Å². The highest BCUT2D eigenvalue weighted by Gasteiger charge is 2.15. The Labute approximate surface area is 120 Å². The van der Waals surface area contributed by atoms with Crippen LogP contribution in [-0.4, -0.2) is 9.55 Å². The fourth-order valence-corrected chi connectivity index (χ4v) is 2.91. The lowest BCUT2D eigenvalue weighted by Crippen LogP contribution is -1.98. The van der Waals surface area contributed by atoms with Crippen molar-refractivity contribution < 1.29 is 0 Å². The van der Waals surface area contributed by atoms with E-state index in [0.717, 1.165) is 12.2 Å². The first-order valence-corrected chi connectivity index (χ1v) is 7.15. The first kappa shape index (κ1) is 12.9. The SMILES string of the molecule is CCn1c(C)c(C)c2ccnc(-c3ccc(C)cc3)c21. The highest BCUT2D eigenvalue weighted by Crippen LogP contribution is 2.32. The minimum atomic E-state index is 0.973. The third-order valence-corrected chi connectivity index (χ3v) is 4.19. The Kier molecular flexibility index (Phi) is 3.09. The van der Waals surface area contributed by atoms with E-state index >= 15 is 0 Å². The normalized spacial score (nSPS) is 11.2. The van der Waals surface area contributed by atoms with Gasteiger partial charge in [-0.25, -0.2) is 0 Å². The topological polar surface area (TPSA) is 17.8 Å². The van der Waals surface area contributed by atoms with Crippen molar-refractivity contribution in [2.24, 2.45) is 0 Å². The number of hydrogen-bond acceptors (Lipinski definition) is 1. The van der Waals surface area contributed by atoms with Gasteiger partial charge in [0.1, 0.15) is 0 Å². The molecule has 0 atom stereocenters. The van der Waals surface area contributed by atoms with Crippen molar-refractivity contribution in [1.29, 1.82) is 0 Å². The average Bonchev–Trinajstić information content (AvgIpc) is 2.72. The van der Waals surface area contributed by atoms with E-state index in [0.29, 0.717) is 0 Å². The van der Waals surface area contributed by atoms with Gasteiger partial charge in [-0.05, 0) is 39.3 Å². The molecule has 102 valence electrons. The zero-order valence-electron chi connectivity index (χ0n) is 12.6. The Balaban J connectivity index is 2.36. The summed E-state index contributed by atoms with van der Waals surface area (Å²) in [5, 5.41) is 1.31. The van der Waals surface area contributed by atoms with Gasteiger partial charge in [0.15, 0.2) is 0 Å². The second-order valence-electron chi connectivity index (χ2n) is 5.38. The van der Waals surface area contributed by atoms with Gasteiger partial charge >= 0.3 is 0 Å². The van der Waals surface area contributed by atoms with E-state index in [1.807, 2.05) is 6.20 Å². The maximum Gasteiger partial charge on any atom is 0.0944 e. The first-order chi connectivity index (χ1) is 9.63. The average molecular weight is 264 g/mol. The van der Waals surface area contributed by atoms with Crippen molar-refractivity contribution in [3.63, 3.8) is 0 Å². The second-order valence-corrected chi connectivity index (χ2v) is 5.38. The quantitative estimate of drug-likeness (QED) is 0.659. The van der Waals surface area contributed by atoms with Crippen molar-refractivity contribution in [1.82, 2.24) is 9.55 Å². The Morgan fingerprint density at radius 1 is 1.00 bits per heavy atom. The van der Waals surface area contributed by atoms with Crippen LogP contribution in [0.3, 0.4) is 0 Å². The summed E-state index contributed by atoms with van der Waals surface area (Å²) in [4.78, 5) is 4.65. The van der Waals surface area contributed by atoms with E-state index in [4.69, 9.17) is 0 Å². The first-order valence-electron chi connectivity index (χ1n) is 7.15. The second kappa shape index (κ2) is 4.78. The fourth-order valence-electron chi connectivity index (χ4n) is 2.91. The third-order valence-electron chi connectivity index (χ3n) is 4.19. The van der Waals surface area contributed by atoms with Crippen LogP contribution >= 0.6 is 0 Å². The van der Waals surface area contributed by atoms with Crippen molar-refractivity contribution in [2.75, 3.05) is 0 Å². The van der Waals surface area contributed by atoms with Gasteiger partial charge in [-0.2, -0.15) is 0 Å². The number of benzene rings is 1. The predicted molar refractivity (Wildman–Crippen MR) is 85.1 cm³/mol. The number of rotatable bonds is 2. The van der Waals surface area contributed by atoms with Gasteiger partial charge in [0.25, 0.3) is 0 Å². The molecule has 20 heavy (non-hydrogen) atoms. The maximum absolute atomic E-state index is 4.65.